The molecular weight excluding hydrogens is 436 g/mol. The number of nitrogens with zero attached hydrogens (tertiary/aromatic N) is 2. The molecule has 0 spiro atoms. The molecule has 1 aliphatic rings. The first-order valence-electron chi connectivity index (χ1n) is 17.0. The zero-order chi connectivity index (χ0) is 25.9. The van der Waals surface area contributed by atoms with Gasteiger partial charge >= 0.3 is 0 Å². The summed E-state index contributed by atoms with van der Waals surface area (Å²) in [7, 11) is 0. The van der Waals surface area contributed by atoms with Crippen LogP contribution in [0.1, 0.15) is 188 Å². The molecule has 36 heavy (non-hydrogen) atoms. The molecule has 0 saturated carbocycles. The van der Waals surface area contributed by atoms with Gasteiger partial charge in [-0.05, 0) is 25.7 Å². The molecule has 0 amide bonds. The molecule has 0 aromatic rings. The van der Waals surface area contributed by atoms with Crippen molar-refractivity contribution in [2.24, 2.45) is 0 Å². The predicted molar refractivity (Wildman–Crippen MR) is 163 cm³/mol. The Morgan fingerprint density at radius 1 is 0.361 bits per heavy atom. The summed E-state index contributed by atoms with van der Waals surface area (Å²) in [6.45, 7) is 9.47. The van der Waals surface area contributed by atoms with Crippen molar-refractivity contribution in [2.75, 3.05) is 13.1 Å². The second-order valence-corrected chi connectivity index (χ2v) is 11.8. The first kappa shape index (κ1) is 33.4. The standard InChI is InChI=1S/C34H68N2/c1-4-7-10-12-14-16-18-20-22-24-26-28-31-36-33-32-35(34(36)29-9-6-3)30-27-25-23-21-19-17-15-13-11-8-5-2/h32-34H,4-31H2,1-3H3. The fraction of sp³-hybridized carbons (Fsp3) is 0.941. The molecule has 0 fully saturated rings. The van der Waals surface area contributed by atoms with E-state index in [1.807, 2.05) is 0 Å². The highest BCUT2D eigenvalue weighted by atomic mass is 15.4. The lowest BCUT2D eigenvalue weighted by molar-refractivity contribution is 0.136. The number of hydrogen-bond donors (Lipinski definition) is 0. The second-order valence-electron chi connectivity index (χ2n) is 11.8. The van der Waals surface area contributed by atoms with Gasteiger partial charge in [-0.2, -0.15) is 0 Å². The Kier molecular flexibility index (Phi) is 24.1. The van der Waals surface area contributed by atoms with Gasteiger partial charge < -0.3 is 9.80 Å². The number of rotatable bonds is 28. The topological polar surface area (TPSA) is 6.48 Å². The first-order valence-corrected chi connectivity index (χ1v) is 17.0. The summed E-state index contributed by atoms with van der Waals surface area (Å²) in [5.74, 6) is 0. The van der Waals surface area contributed by atoms with Crippen molar-refractivity contribution < 1.29 is 0 Å². The molecule has 0 saturated heterocycles. The lowest BCUT2D eigenvalue weighted by Gasteiger charge is -2.33. The molecule has 2 nitrogen and oxygen atoms in total. The van der Waals surface area contributed by atoms with Crippen LogP contribution in [0.2, 0.25) is 0 Å². The minimum atomic E-state index is 0.640. The molecule has 0 aromatic heterocycles. The Morgan fingerprint density at radius 3 is 0.944 bits per heavy atom. The van der Waals surface area contributed by atoms with E-state index < -0.39 is 0 Å². The maximum absolute atomic E-state index is 2.67. The first-order chi connectivity index (χ1) is 17.8. The van der Waals surface area contributed by atoms with Crippen LogP contribution in [0.3, 0.4) is 0 Å². The maximum atomic E-state index is 2.67. The monoisotopic (exact) mass is 505 g/mol. The molecule has 0 bridgehead atoms. The minimum absolute atomic E-state index is 0.640. The van der Waals surface area contributed by atoms with Crippen molar-refractivity contribution in [3.63, 3.8) is 0 Å². The summed E-state index contributed by atoms with van der Waals surface area (Å²) >= 11 is 0. The Bertz CT molecular complexity index is 460. The molecule has 0 N–H and O–H groups in total. The zero-order valence-corrected chi connectivity index (χ0v) is 25.4. The maximum Gasteiger partial charge on any atom is 0.101 e. The SMILES string of the molecule is CCCCCCCCCCCCCCN1C=CN(CCCCCCCCCCCCC)C1CCCC. The van der Waals surface area contributed by atoms with Gasteiger partial charge in [-0.15, -0.1) is 0 Å². The molecule has 1 heterocycles. The summed E-state index contributed by atoms with van der Waals surface area (Å²) in [6, 6.07) is 0. The third-order valence-electron chi connectivity index (χ3n) is 8.32. The van der Waals surface area contributed by atoms with E-state index >= 15 is 0 Å². The summed E-state index contributed by atoms with van der Waals surface area (Å²) in [5.41, 5.74) is 0. The van der Waals surface area contributed by atoms with E-state index in [0.717, 1.165) is 0 Å². The van der Waals surface area contributed by atoms with E-state index in [1.165, 1.54) is 180 Å². The summed E-state index contributed by atoms with van der Waals surface area (Å²) < 4.78 is 0. The van der Waals surface area contributed by atoms with Gasteiger partial charge in [0.15, 0.2) is 0 Å². The Hall–Kier alpha value is -0.660. The Morgan fingerprint density at radius 2 is 0.639 bits per heavy atom. The summed E-state index contributed by atoms with van der Waals surface area (Å²) in [4.78, 5) is 5.34. The number of unbranched alkanes of at least 4 members (excludes halogenated alkanes) is 22. The van der Waals surface area contributed by atoms with Gasteiger partial charge in [0, 0.05) is 25.5 Å². The van der Waals surface area contributed by atoms with Crippen LogP contribution in [0.15, 0.2) is 12.4 Å². The zero-order valence-electron chi connectivity index (χ0n) is 25.4. The van der Waals surface area contributed by atoms with Crippen LogP contribution in [0.4, 0.5) is 0 Å². The van der Waals surface area contributed by atoms with E-state index in [1.54, 1.807) is 0 Å². The Labute approximate surface area is 229 Å². The van der Waals surface area contributed by atoms with Crippen molar-refractivity contribution in [3.05, 3.63) is 12.4 Å². The van der Waals surface area contributed by atoms with Crippen LogP contribution >= 0.6 is 0 Å². The quantitative estimate of drug-likeness (QED) is 0.0977. The van der Waals surface area contributed by atoms with Crippen LogP contribution < -0.4 is 0 Å². The average molecular weight is 505 g/mol. The minimum Gasteiger partial charge on any atom is -0.356 e. The highest BCUT2D eigenvalue weighted by Crippen LogP contribution is 2.23. The van der Waals surface area contributed by atoms with Crippen LogP contribution in [-0.4, -0.2) is 29.1 Å². The molecule has 0 aromatic carbocycles. The largest absolute Gasteiger partial charge is 0.356 e. The fourth-order valence-corrected chi connectivity index (χ4v) is 5.82. The van der Waals surface area contributed by atoms with Crippen molar-refractivity contribution in [3.8, 4) is 0 Å². The molecular formula is C34H68N2. The van der Waals surface area contributed by atoms with Crippen LogP contribution in [0, 0.1) is 0 Å². The molecule has 0 aliphatic carbocycles. The molecule has 0 radical (unpaired) electrons. The molecule has 214 valence electrons. The highest BCUT2D eigenvalue weighted by Gasteiger charge is 2.24. The van der Waals surface area contributed by atoms with Crippen LogP contribution in [0.25, 0.3) is 0 Å². The predicted octanol–water partition coefficient (Wildman–Crippen LogP) is 11.6. The van der Waals surface area contributed by atoms with Crippen LogP contribution in [0.5, 0.6) is 0 Å². The highest BCUT2D eigenvalue weighted by molar-refractivity contribution is 4.96. The van der Waals surface area contributed by atoms with Gasteiger partial charge in [-0.1, -0.05) is 162 Å². The van der Waals surface area contributed by atoms with Crippen LogP contribution in [-0.2, 0) is 0 Å². The van der Waals surface area contributed by atoms with Gasteiger partial charge in [0.25, 0.3) is 0 Å². The van der Waals surface area contributed by atoms with Gasteiger partial charge in [0.1, 0.15) is 6.17 Å². The normalized spacial score (nSPS) is 15.5. The molecule has 1 aliphatic heterocycles. The molecule has 1 rings (SSSR count). The smallest absolute Gasteiger partial charge is 0.101 e. The summed E-state index contributed by atoms with van der Waals surface area (Å²) in [5, 5.41) is 0. The third kappa shape index (κ3) is 18.6. The van der Waals surface area contributed by atoms with E-state index in [9.17, 15) is 0 Å². The van der Waals surface area contributed by atoms with Gasteiger partial charge in [0.2, 0.25) is 0 Å². The third-order valence-corrected chi connectivity index (χ3v) is 8.32. The van der Waals surface area contributed by atoms with Crippen molar-refractivity contribution in [2.45, 2.75) is 194 Å². The second kappa shape index (κ2) is 26.0. The lowest BCUT2D eigenvalue weighted by atomic mass is 10.1. The van der Waals surface area contributed by atoms with Crippen molar-refractivity contribution in [1.29, 1.82) is 0 Å². The summed E-state index contributed by atoms with van der Waals surface area (Å²) in [6.07, 6.45) is 42.5. The van der Waals surface area contributed by atoms with Crippen molar-refractivity contribution >= 4 is 0 Å². The van der Waals surface area contributed by atoms with Gasteiger partial charge in [-0.3, -0.25) is 0 Å². The van der Waals surface area contributed by atoms with Gasteiger partial charge in [-0.25, -0.2) is 0 Å². The molecule has 2 heteroatoms. The van der Waals surface area contributed by atoms with E-state index in [2.05, 4.69) is 43.0 Å². The Balaban J connectivity index is 2.05. The molecule has 1 unspecified atom stereocenters. The number of hydrogen-bond acceptors (Lipinski definition) is 2. The molecule has 1 atom stereocenters. The van der Waals surface area contributed by atoms with E-state index in [4.69, 9.17) is 0 Å². The lowest BCUT2D eigenvalue weighted by Crippen LogP contribution is -2.39. The average Bonchev–Trinajstić information content (AvgIpc) is 3.27. The van der Waals surface area contributed by atoms with Crippen molar-refractivity contribution in [1.82, 2.24) is 9.80 Å². The van der Waals surface area contributed by atoms with E-state index in [-0.39, 0.29) is 0 Å². The van der Waals surface area contributed by atoms with E-state index in [0.29, 0.717) is 6.17 Å². The fourth-order valence-electron chi connectivity index (χ4n) is 5.82. The van der Waals surface area contributed by atoms with Gasteiger partial charge in [0.05, 0.1) is 0 Å².